The van der Waals surface area contributed by atoms with Gasteiger partial charge in [-0.05, 0) is 30.8 Å². The van der Waals surface area contributed by atoms with E-state index in [-0.39, 0.29) is 11.3 Å². The van der Waals surface area contributed by atoms with Crippen molar-refractivity contribution >= 4 is 29.0 Å². The molecule has 1 amide bonds. The summed E-state index contributed by atoms with van der Waals surface area (Å²) in [5.41, 5.74) is 0.900. The molecular weight excluding hydrogens is 294 g/mol. The maximum atomic E-state index is 12.3. The van der Waals surface area contributed by atoms with Gasteiger partial charge in [-0.1, -0.05) is 37.1 Å². The van der Waals surface area contributed by atoms with Gasteiger partial charge in [0.25, 0.3) is 5.91 Å². The molecule has 0 saturated heterocycles. The Morgan fingerprint density at radius 1 is 1.40 bits per heavy atom. The second-order valence-electron chi connectivity index (χ2n) is 5.68. The summed E-state index contributed by atoms with van der Waals surface area (Å²) in [5, 5.41) is 7.09. The lowest BCUT2D eigenvalue weighted by Crippen LogP contribution is -2.40. The zero-order valence-electron chi connectivity index (χ0n) is 12.0. The van der Waals surface area contributed by atoms with E-state index in [1.807, 2.05) is 0 Å². The molecule has 1 heterocycles. The Bertz CT molecular complexity index is 443. The van der Waals surface area contributed by atoms with Crippen molar-refractivity contribution < 1.29 is 4.79 Å². The van der Waals surface area contributed by atoms with Crippen LogP contribution in [0.4, 0.5) is 0 Å². The average molecular weight is 316 g/mol. The van der Waals surface area contributed by atoms with Gasteiger partial charge in [-0.2, -0.15) is 0 Å². The summed E-state index contributed by atoms with van der Waals surface area (Å²) in [4.78, 5) is 12.9. The van der Waals surface area contributed by atoms with Gasteiger partial charge in [0, 0.05) is 17.8 Å². The number of amides is 1. The lowest BCUT2D eigenvalue weighted by atomic mass is 9.75. The number of aromatic nitrogens is 2. The third-order valence-corrected chi connectivity index (χ3v) is 5.40. The van der Waals surface area contributed by atoms with Gasteiger partial charge in [-0.3, -0.25) is 4.79 Å². The fourth-order valence-corrected chi connectivity index (χ4v) is 3.78. The van der Waals surface area contributed by atoms with Crippen LogP contribution in [-0.2, 0) is 6.42 Å². The molecule has 0 bridgehead atoms. The topological polar surface area (TPSA) is 54.9 Å². The normalized spacial score (nSPS) is 17.9. The maximum absolute atomic E-state index is 12.3. The van der Waals surface area contributed by atoms with E-state index in [9.17, 15) is 4.79 Å². The lowest BCUT2D eigenvalue weighted by Gasteiger charge is -2.35. The standard InChI is InChI=1S/C14H22ClN3OS/c1-2-6-11-12(20-18-17-11)13(19)16-10-14(9-15)7-4-3-5-8-14/h2-10H2,1H3,(H,16,19). The van der Waals surface area contributed by atoms with Gasteiger partial charge < -0.3 is 5.32 Å². The second kappa shape index (κ2) is 7.36. The smallest absolute Gasteiger partial charge is 0.264 e. The fourth-order valence-electron chi connectivity index (χ4n) is 2.79. The number of alkyl halides is 1. The molecule has 1 fully saturated rings. The fraction of sp³-hybridized carbons (Fsp3) is 0.786. The highest BCUT2D eigenvalue weighted by molar-refractivity contribution is 7.08. The molecule has 1 aliphatic carbocycles. The number of hydrogen-bond donors (Lipinski definition) is 1. The summed E-state index contributed by atoms with van der Waals surface area (Å²) >= 11 is 7.34. The highest BCUT2D eigenvalue weighted by Gasteiger charge is 2.32. The minimum Gasteiger partial charge on any atom is -0.351 e. The zero-order chi connectivity index (χ0) is 14.4. The first kappa shape index (κ1) is 15.7. The first-order valence-corrected chi connectivity index (χ1v) is 8.67. The van der Waals surface area contributed by atoms with E-state index in [2.05, 4.69) is 21.8 Å². The first-order valence-electron chi connectivity index (χ1n) is 7.36. The van der Waals surface area contributed by atoms with E-state index >= 15 is 0 Å². The Morgan fingerprint density at radius 2 is 2.15 bits per heavy atom. The molecular formula is C14H22ClN3OS. The van der Waals surface area contributed by atoms with E-state index < -0.39 is 0 Å². The predicted molar refractivity (Wildman–Crippen MR) is 82.5 cm³/mol. The highest BCUT2D eigenvalue weighted by atomic mass is 35.5. The average Bonchev–Trinajstić information content (AvgIpc) is 2.94. The quantitative estimate of drug-likeness (QED) is 0.818. The zero-order valence-corrected chi connectivity index (χ0v) is 13.5. The number of nitrogens with zero attached hydrogens (tertiary/aromatic N) is 2. The molecule has 1 saturated carbocycles. The Labute approximate surface area is 129 Å². The van der Waals surface area contributed by atoms with Crippen molar-refractivity contribution in [3.63, 3.8) is 0 Å². The number of rotatable bonds is 6. The van der Waals surface area contributed by atoms with Crippen LogP contribution in [0.15, 0.2) is 0 Å². The van der Waals surface area contributed by atoms with Crippen LogP contribution in [0.5, 0.6) is 0 Å². The summed E-state index contributed by atoms with van der Waals surface area (Å²) in [6.45, 7) is 2.74. The minimum atomic E-state index is -0.0430. The van der Waals surface area contributed by atoms with Crippen molar-refractivity contribution in [1.82, 2.24) is 14.9 Å². The van der Waals surface area contributed by atoms with Gasteiger partial charge in [-0.25, -0.2) is 0 Å². The molecule has 4 nitrogen and oxygen atoms in total. The molecule has 1 aromatic rings. The summed E-state index contributed by atoms with van der Waals surface area (Å²) in [5.74, 6) is 0.578. The van der Waals surface area contributed by atoms with E-state index in [4.69, 9.17) is 11.6 Å². The van der Waals surface area contributed by atoms with Crippen LogP contribution >= 0.6 is 23.1 Å². The molecule has 1 aliphatic rings. The van der Waals surface area contributed by atoms with Crippen LogP contribution in [0.3, 0.4) is 0 Å². The van der Waals surface area contributed by atoms with Crippen LogP contribution < -0.4 is 5.32 Å². The third kappa shape index (κ3) is 3.70. The number of carbonyl (C=O) groups is 1. The van der Waals surface area contributed by atoms with Crippen molar-refractivity contribution in [1.29, 1.82) is 0 Å². The summed E-state index contributed by atoms with van der Waals surface area (Å²) in [6.07, 6.45) is 7.71. The van der Waals surface area contributed by atoms with E-state index in [1.54, 1.807) is 0 Å². The molecule has 20 heavy (non-hydrogen) atoms. The van der Waals surface area contributed by atoms with Gasteiger partial charge in [0.05, 0.1) is 5.69 Å². The first-order chi connectivity index (χ1) is 9.71. The monoisotopic (exact) mass is 315 g/mol. The SMILES string of the molecule is CCCc1nnsc1C(=O)NCC1(CCl)CCCCC1. The largest absolute Gasteiger partial charge is 0.351 e. The van der Waals surface area contributed by atoms with Crippen molar-refractivity contribution in [3.05, 3.63) is 10.6 Å². The number of halogens is 1. The highest BCUT2D eigenvalue weighted by Crippen LogP contribution is 2.36. The van der Waals surface area contributed by atoms with E-state index in [0.717, 1.165) is 31.4 Å². The van der Waals surface area contributed by atoms with Gasteiger partial charge in [0.2, 0.25) is 0 Å². The molecule has 1 N–H and O–H groups in total. The molecule has 2 rings (SSSR count). The molecule has 112 valence electrons. The number of aryl methyl sites for hydroxylation is 1. The van der Waals surface area contributed by atoms with Gasteiger partial charge in [0.15, 0.2) is 0 Å². The van der Waals surface area contributed by atoms with Crippen molar-refractivity contribution in [2.45, 2.75) is 51.9 Å². The summed E-state index contributed by atoms with van der Waals surface area (Å²) in [6, 6.07) is 0. The lowest BCUT2D eigenvalue weighted by molar-refractivity contribution is 0.0924. The van der Waals surface area contributed by atoms with Crippen molar-refractivity contribution in [3.8, 4) is 0 Å². The third-order valence-electron chi connectivity index (χ3n) is 4.07. The van der Waals surface area contributed by atoms with Gasteiger partial charge in [-0.15, -0.1) is 16.7 Å². The second-order valence-corrected chi connectivity index (χ2v) is 6.70. The molecule has 6 heteroatoms. The van der Waals surface area contributed by atoms with Gasteiger partial charge in [0.1, 0.15) is 4.88 Å². The van der Waals surface area contributed by atoms with Gasteiger partial charge >= 0.3 is 0 Å². The van der Waals surface area contributed by atoms with Crippen LogP contribution in [0.2, 0.25) is 0 Å². The minimum absolute atomic E-state index is 0.0430. The molecule has 0 aromatic carbocycles. The number of carbonyl (C=O) groups excluding carboxylic acids is 1. The van der Waals surface area contributed by atoms with Crippen molar-refractivity contribution in [2.75, 3.05) is 12.4 Å². The Morgan fingerprint density at radius 3 is 2.80 bits per heavy atom. The number of nitrogens with one attached hydrogen (secondary N) is 1. The molecule has 0 spiro atoms. The van der Waals surface area contributed by atoms with E-state index in [0.29, 0.717) is 17.3 Å². The molecule has 0 aliphatic heterocycles. The maximum Gasteiger partial charge on any atom is 0.264 e. The molecule has 0 radical (unpaired) electrons. The Kier molecular flexibility index (Phi) is 5.78. The van der Waals surface area contributed by atoms with Crippen LogP contribution in [0, 0.1) is 5.41 Å². The Balaban J connectivity index is 1.95. The molecule has 0 atom stereocenters. The van der Waals surface area contributed by atoms with E-state index in [1.165, 1.54) is 30.8 Å². The van der Waals surface area contributed by atoms with Crippen LogP contribution in [0.25, 0.3) is 0 Å². The Hall–Kier alpha value is -0.680. The van der Waals surface area contributed by atoms with Crippen LogP contribution in [0.1, 0.15) is 60.8 Å². The summed E-state index contributed by atoms with van der Waals surface area (Å²) < 4.78 is 3.90. The molecule has 1 aromatic heterocycles. The summed E-state index contributed by atoms with van der Waals surface area (Å²) in [7, 11) is 0. The van der Waals surface area contributed by atoms with Crippen LogP contribution in [-0.4, -0.2) is 27.9 Å². The number of hydrogen-bond acceptors (Lipinski definition) is 4. The molecule has 0 unspecified atom stereocenters. The van der Waals surface area contributed by atoms with Crippen molar-refractivity contribution in [2.24, 2.45) is 5.41 Å². The predicted octanol–water partition coefficient (Wildman–Crippen LogP) is 3.41.